The van der Waals surface area contributed by atoms with Gasteiger partial charge in [0, 0.05) is 19.2 Å². The zero-order chi connectivity index (χ0) is 15.8. The molecular weight excluding hydrogens is 275 g/mol. The van der Waals surface area contributed by atoms with E-state index in [2.05, 4.69) is 16.6 Å². The Morgan fingerprint density at radius 1 is 1.43 bits per heavy atom. The Morgan fingerprint density at radius 2 is 2.14 bits per heavy atom. The Bertz CT molecular complexity index is 590. The van der Waals surface area contributed by atoms with Crippen molar-refractivity contribution in [2.24, 2.45) is 5.73 Å². The number of amides is 1. The topological polar surface area (TPSA) is 72.6 Å². The van der Waals surface area contributed by atoms with E-state index in [1.165, 1.54) is 31.2 Å². The van der Waals surface area contributed by atoms with Crippen LogP contribution in [0.3, 0.4) is 0 Å². The minimum Gasteiger partial charge on any atom is -0.469 e. The van der Waals surface area contributed by atoms with Crippen LogP contribution in [0.5, 0.6) is 0 Å². The van der Waals surface area contributed by atoms with Crippen molar-refractivity contribution in [1.82, 2.24) is 4.90 Å². The molecule has 1 amide bonds. The largest absolute Gasteiger partial charge is 0.469 e. The van der Waals surface area contributed by atoms with E-state index in [9.17, 15) is 14.0 Å². The Morgan fingerprint density at radius 3 is 2.71 bits per heavy atom. The van der Waals surface area contributed by atoms with Crippen LogP contribution in [-0.4, -0.2) is 44.0 Å². The molecule has 0 atom stereocenters. The summed E-state index contributed by atoms with van der Waals surface area (Å²) in [5.74, 6) is 3.76. The fourth-order valence-corrected chi connectivity index (χ4v) is 1.58. The second kappa shape index (κ2) is 8.02. The van der Waals surface area contributed by atoms with Gasteiger partial charge in [0.1, 0.15) is 5.82 Å². The third-order valence-electron chi connectivity index (χ3n) is 2.77. The minimum atomic E-state index is -0.580. The van der Waals surface area contributed by atoms with Crippen LogP contribution in [0.1, 0.15) is 22.3 Å². The number of esters is 1. The number of halogens is 1. The molecule has 5 nitrogen and oxygen atoms in total. The molecule has 6 heteroatoms. The van der Waals surface area contributed by atoms with Gasteiger partial charge in [0.15, 0.2) is 0 Å². The van der Waals surface area contributed by atoms with Crippen molar-refractivity contribution in [3.05, 3.63) is 35.1 Å². The molecule has 0 aliphatic carbocycles. The highest BCUT2D eigenvalue weighted by Gasteiger charge is 2.14. The number of rotatable bonds is 4. The number of ether oxygens (including phenoxy) is 1. The molecule has 0 saturated carbocycles. The molecule has 0 heterocycles. The number of nitrogens with zero attached hydrogens (tertiary/aromatic N) is 1. The molecular formula is C15H17FN2O3. The smallest absolute Gasteiger partial charge is 0.307 e. The van der Waals surface area contributed by atoms with Crippen molar-refractivity contribution in [3.8, 4) is 11.8 Å². The lowest BCUT2D eigenvalue weighted by Crippen LogP contribution is -2.29. The third-order valence-corrected chi connectivity index (χ3v) is 2.77. The van der Waals surface area contributed by atoms with Crippen LogP contribution in [0.25, 0.3) is 0 Å². The van der Waals surface area contributed by atoms with Crippen molar-refractivity contribution in [3.63, 3.8) is 0 Å². The highest BCUT2D eigenvalue weighted by Crippen LogP contribution is 2.11. The maximum absolute atomic E-state index is 13.8. The van der Waals surface area contributed by atoms with Gasteiger partial charge in [0.25, 0.3) is 5.91 Å². The Hall–Kier alpha value is -2.39. The second-order valence-corrected chi connectivity index (χ2v) is 4.25. The van der Waals surface area contributed by atoms with E-state index >= 15 is 0 Å². The fourth-order valence-electron chi connectivity index (χ4n) is 1.58. The first-order chi connectivity index (χ1) is 9.99. The standard InChI is InChI=1S/C15H17FN2O3/c1-18(9-7-14(19)21-2)15(20)12-6-5-11(4-3-8-17)13(16)10-12/h5-6,10H,7-9,17H2,1-2H3. The molecule has 21 heavy (non-hydrogen) atoms. The van der Waals surface area contributed by atoms with Gasteiger partial charge in [-0.05, 0) is 18.2 Å². The molecule has 112 valence electrons. The number of methoxy groups -OCH3 is 1. The van der Waals surface area contributed by atoms with Crippen molar-refractivity contribution in [2.75, 3.05) is 27.2 Å². The van der Waals surface area contributed by atoms with E-state index < -0.39 is 11.8 Å². The lowest BCUT2D eigenvalue weighted by molar-refractivity contribution is -0.140. The number of hydrogen-bond acceptors (Lipinski definition) is 4. The van der Waals surface area contributed by atoms with Crippen LogP contribution in [-0.2, 0) is 9.53 Å². The molecule has 0 saturated heterocycles. The normalized spacial score (nSPS) is 9.52. The molecule has 0 spiro atoms. The van der Waals surface area contributed by atoms with Gasteiger partial charge in [-0.15, -0.1) is 0 Å². The summed E-state index contributed by atoms with van der Waals surface area (Å²) >= 11 is 0. The van der Waals surface area contributed by atoms with Gasteiger partial charge in [0.05, 0.1) is 25.6 Å². The number of benzene rings is 1. The summed E-state index contributed by atoms with van der Waals surface area (Å²) in [5, 5.41) is 0. The van der Waals surface area contributed by atoms with E-state index in [4.69, 9.17) is 5.73 Å². The van der Waals surface area contributed by atoms with Crippen molar-refractivity contribution < 1.29 is 18.7 Å². The molecule has 0 aliphatic heterocycles. The molecule has 0 radical (unpaired) electrons. The first-order valence-electron chi connectivity index (χ1n) is 6.30. The summed E-state index contributed by atoms with van der Waals surface area (Å²) in [4.78, 5) is 24.4. The molecule has 1 rings (SSSR count). The summed E-state index contributed by atoms with van der Waals surface area (Å²) < 4.78 is 18.3. The average Bonchev–Trinajstić information content (AvgIpc) is 2.50. The molecule has 1 aromatic rings. The molecule has 0 unspecified atom stereocenters. The van der Waals surface area contributed by atoms with Gasteiger partial charge in [0.2, 0.25) is 0 Å². The van der Waals surface area contributed by atoms with Crippen LogP contribution in [0, 0.1) is 17.7 Å². The van der Waals surface area contributed by atoms with Gasteiger partial charge in [-0.25, -0.2) is 4.39 Å². The summed E-state index contributed by atoms with van der Waals surface area (Å²) in [7, 11) is 2.81. The van der Waals surface area contributed by atoms with E-state index in [-0.39, 0.29) is 36.5 Å². The first kappa shape index (κ1) is 16.7. The Labute approximate surface area is 122 Å². The van der Waals surface area contributed by atoms with E-state index in [1.807, 2.05) is 0 Å². The van der Waals surface area contributed by atoms with Gasteiger partial charge in [-0.2, -0.15) is 0 Å². The van der Waals surface area contributed by atoms with Crippen molar-refractivity contribution in [2.45, 2.75) is 6.42 Å². The van der Waals surface area contributed by atoms with Crippen LogP contribution in [0.2, 0.25) is 0 Å². The SMILES string of the molecule is COC(=O)CCN(C)C(=O)c1ccc(C#CCN)c(F)c1. The second-order valence-electron chi connectivity index (χ2n) is 4.25. The molecule has 1 aromatic carbocycles. The predicted octanol–water partition coefficient (Wildman–Crippen LogP) is 0.771. The van der Waals surface area contributed by atoms with Gasteiger partial charge in [-0.1, -0.05) is 11.8 Å². The monoisotopic (exact) mass is 292 g/mol. The van der Waals surface area contributed by atoms with E-state index in [0.29, 0.717) is 0 Å². The zero-order valence-electron chi connectivity index (χ0n) is 12.0. The van der Waals surface area contributed by atoms with Gasteiger partial charge >= 0.3 is 5.97 Å². The molecule has 0 aliphatic rings. The highest BCUT2D eigenvalue weighted by atomic mass is 19.1. The minimum absolute atomic E-state index is 0.0846. The van der Waals surface area contributed by atoms with Crippen LogP contribution >= 0.6 is 0 Å². The number of hydrogen-bond donors (Lipinski definition) is 1. The molecule has 0 aromatic heterocycles. The van der Waals surface area contributed by atoms with Crippen molar-refractivity contribution >= 4 is 11.9 Å². The fraction of sp³-hybridized carbons (Fsp3) is 0.333. The molecule has 0 fully saturated rings. The Kier molecular flexibility index (Phi) is 6.37. The van der Waals surface area contributed by atoms with E-state index in [1.54, 1.807) is 0 Å². The number of carbonyl (C=O) groups is 2. The quantitative estimate of drug-likeness (QED) is 0.657. The summed E-state index contributed by atoms with van der Waals surface area (Å²) in [6, 6.07) is 4.04. The molecule has 0 bridgehead atoms. The summed E-state index contributed by atoms with van der Waals surface area (Å²) in [6.45, 7) is 0.332. The summed E-state index contributed by atoms with van der Waals surface area (Å²) in [5.41, 5.74) is 5.60. The zero-order valence-corrected chi connectivity index (χ0v) is 12.0. The predicted molar refractivity (Wildman–Crippen MR) is 75.9 cm³/mol. The maximum Gasteiger partial charge on any atom is 0.307 e. The van der Waals surface area contributed by atoms with Crippen molar-refractivity contribution in [1.29, 1.82) is 0 Å². The maximum atomic E-state index is 13.8. The van der Waals surface area contributed by atoms with Crippen LogP contribution < -0.4 is 5.73 Å². The lowest BCUT2D eigenvalue weighted by Gasteiger charge is -2.16. The van der Waals surface area contributed by atoms with Gasteiger partial charge < -0.3 is 15.4 Å². The number of nitrogens with two attached hydrogens (primary N) is 1. The lowest BCUT2D eigenvalue weighted by atomic mass is 10.1. The highest BCUT2D eigenvalue weighted by molar-refractivity contribution is 5.94. The average molecular weight is 292 g/mol. The van der Waals surface area contributed by atoms with Gasteiger partial charge in [-0.3, -0.25) is 9.59 Å². The number of carbonyl (C=O) groups excluding carboxylic acids is 2. The Balaban J connectivity index is 2.78. The van der Waals surface area contributed by atoms with Crippen LogP contribution in [0.4, 0.5) is 4.39 Å². The third kappa shape index (κ3) is 4.89. The molecule has 2 N–H and O–H groups in total. The van der Waals surface area contributed by atoms with Crippen LogP contribution in [0.15, 0.2) is 18.2 Å². The van der Waals surface area contributed by atoms with E-state index in [0.717, 1.165) is 6.07 Å². The summed E-state index contributed by atoms with van der Waals surface area (Å²) in [6.07, 6.45) is 0.0846. The first-order valence-corrected chi connectivity index (χ1v) is 6.30.